The largest absolute Gasteiger partial charge is 0.457 e. The molecule has 0 unspecified atom stereocenters. The molecule has 6 heteroatoms. The molecule has 3 saturated carbocycles. The van der Waals surface area contributed by atoms with Gasteiger partial charge < -0.3 is 9.26 Å². The molecule has 0 aliphatic heterocycles. The van der Waals surface area contributed by atoms with E-state index in [1.807, 2.05) is 0 Å². The van der Waals surface area contributed by atoms with Crippen LogP contribution < -0.4 is 0 Å². The van der Waals surface area contributed by atoms with Crippen LogP contribution in [0.2, 0.25) is 0 Å². The number of carbonyl (C=O) groups excluding carboxylic acids is 1. The first-order valence-electron chi connectivity index (χ1n) is 12.9. The van der Waals surface area contributed by atoms with E-state index in [1.54, 1.807) is 0 Å². The summed E-state index contributed by atoms with van der Waals surface area (Å²) in [5, 5.41) is 4.08. The average molecular weight is 432 g/mol. The van der Waals surface area contributed by atoms with Crippen molar-refractivity contribution in [3.8, 4) is 0 Å². The quantitative estimate of drug-likeness (QED) is 0.495. The first-order chi connectivity index (χ1) is 15.2. The Morgan fingerprint density at radius 1 is 0.935 bits per heavy atom. The van der Waals surface area contributed by atoms with E-state index in [9.17, 15) is 4.79 Å². The van der Waals surface area contributed by atoms with Crippen molar-refractivity contribution in [2.75, 3.05) is 7.05 Å². The summed E-state index contributed by atoms with van der Waals surface area (Å²) in [6.45, 7) is 0.795. The molecule has 31 heavy (non-hydrogen) atoms. The van der Waals surface area contributed by atoms with Crippen LogP contribution in [0.3, 0.4) is 0 Å². The predicted molar refractivity (Wildman–Crippen MR) is 119 cm³/mol. The van der Waals surface area contributed by atoms with Gasteiger partial charge in [-0.15, -0.1) is 0 Å². The Hall–Kier alpha value is -1.43. The molecule has 0 spiro atoms. The lowest BCUT2D eigenvalue weighted by Gasteiger charge is -2.36. The fourth-order valence-electron chi connectivity index (χ4n) is 6.27. The van der Waals surface area contributed by atoms with Gasteiger partial charge >= 0.3 is 5.97 Å². The van der Waals surface area contributed by atoms with E-state index in [4.69, 9.17) is 9.26 Å². The first kappa shape index (κ1) is 22.8. The Morgan fingerprint density at radius 3 is 2.06 bits per heavy atom. The first-order valence-corrected chi connectivity index (χ1v) is 12.9. The Morgan fingerprint density at radius 2 is 1.48 bits per heavy atom. The van der Waals surface area contributed by atoms with Crippen LogP contribution in [0.25, 0.3) is 0 Å². The molecule has 3 aliphatic carbocycles. The summed E-state index contributed by atoms with van der Waals surface area (Å²) in [5.41, 5.74) is 0. The van der Waals surface area contributed by atoms with Crippen molar-refractivity contribution in [1.82, 2.24) is 15.0 Å². The molecule has 1 aromatic heterocycles. The predicted octanol–water partition coefficient (Wildman–Crippen LogP) is 5.65. The molecular formula is C25H41N3O3. The highest BCUT2D eigenvalue weighted by molar-refractivity contribution is 5.73. The van der Waals surface area contributed by atoms with Gasteiger partial charge in [0.25, 0.3) is 0 Å². The van der Waals surface area contributed by atoms with Gasteiger partial charge in [0.05, 0.1) is 12.5 Å². The Bertz CT molecular complexity index is 655. The van der Waals surface area contributed by atoms with Gasteiger partial charge in [-0.2, -0.15) is 4.98 Å². The minimum atomic E-state index is -0.0236. The standard InChI is InChI=1S/C25H41N3O3/c1-28(21-15-9-4-10-16-21)17-23-26-22(27-31-23)18-30-25(29)24(19-11-5-2-6-12-19)20-13-7-3-8-14-20/h19-21,24H,2-18H2,1H3. The lowest BCUT2D eigenvalue weighted by Crippen LogP contribution is -2.35. The SMILES string of the molecule is CN(Cc1nc(COC(=O)C(C2CCCCC2)C2CCCCC2)no1)C1CCCCC1. The topological polar surface area (TPSA) is 68.5 Å². The summed E-state index contributed by atoms with van der Waals surface area (Å²) in [7, 11) is 2.14. The average Bonchev–Trinajstić information content (AvgIpc) is 3.27. The molecule has 3 aliphatic rings. The van der Waals surface area contributed by atoms with Crippen molar-refractivity contribution >= 4 is 5.97 Å². The molecule has 0 radical (unpaired) electrons. The number of carbonyl (C=O) groups is 1. The van der Waals surface area contributed by atoms with Gasteiger partial charge in [-0.1, -0.05) is 62.9 Å². The van der Waals surface area contributed by atoms with Gasteiger partial charge in [0.15, 0.2) is 6.61 Å². The van der Waals surface area contributed by atoms with E-state index in [2.05, 4.69) is 22.1 Å². The second-order valence-electron chi connectivity index (χ2n) is 10.2. The fourth-order valence-corrected chi connectivity index (χ4v) is 6.27. The summed E-state index contributed by atoms with van der Waals surface area (Å²) in [6, 6.07) is 0.605. The minimum Gasteiger partial charge on any atom is -0.457 e. The van der Waals surface area contributed by atoms with Crippen LogP contribution in [0.15, 0.2) is 4.52 Å². The number of esters is 1. The van der Waals surface area contributed by atoms with E-state index >= 15 is 0 Å². The third-order valence-electron chi connectivity index (χ3n) is 8.02. The third kappa shape index (κ3) is 6.30. The number of aromatic nitrogens is 2. The van der Waals surface area contributed by atoms with Crippen LogP contribution >= 0.6 is 0 Å². The zero-order valence-corrected chi connectivity index (χ0v) is 19.4. The van der Waals surface area contributed by atoms with Crippen LogP contribution in [-0.2, 0) is 22.7 Å². The van der Waals surface area contributed by atoms with Crippen molar-refractivity contribution < 1.29 is 14.1 Å². The van der Waals surface area contributed by atoms with Crippen LogP contribution in [-0.4, -0.2) is 34.1 Å². The third-order valence-corrected chi connectivity index (χ3v) is 8.02. The maximum absolute atomic E-state index is 13.2. The van der Waals surface area contributed by atoms with Crippen molar-refractivity contribution in [3.05, 3.63) is 11.7 Å². The molecule has 4 rings (SSSR count). The zero-order valence-electron chi connectivity index (χ0n) is 19.4. The van der Waals surface area contributed by atoms with E-state index < -0.39 is 0 Å². The van der Waals surface area contributed by atoms with E-state index in [0.717, 1.165) is 0 Å². The highest BCUT2D eigenvalue weighted by atomic mass is 16.5. The van der Waals surface area contributed by atoms with E-state index in [0.29, 0.717) is 36.1 Å². The minimum absolute atomic E-state index is 0.0236. The molecule has 0 atom stereocenters. The van der Waals surface area contributed by atoms with Gasteiger partial charge in [-0.25, -0.2) is 0 Å². The number of hydrogen-bond acceptors (Lipinski definition) is 6. The Kier molecular flexibility index (Phi) is 8.40. The molecule has 0 N–H and O–H groups in total. The van der Waals surface area contributed by atoms with Crippen LogP contribution in [0.1, 0.15) is 108 Å². The molecule has 0 bridgehead atoms. The molecular weight excluding hydrogens is 390 g/mol. The molecule has 1 aromatic rings. The van der Waals surface area contributed by atoms with Gasteiger partial charge in [-0.3, -0.25) is 9.69 Å². The van der Waals surface area contributed by atoms with Crippen LogP contribution in [0, 0.1) is 17.8 Å². The number of hydrogen-bond donors (Lipinski definition) is 0. The molecule has 3 fully saturated rings. The number of ether oxygens (including phenoxy) is 1. The van der Waals surface area contributed by atoms with Crippen LogP contribution in [0.5, 0.6) is 0 Å². The van der Waals surface area contributed by atoms with Gasteiger partial charge in [0, 0.05) is 6.04 Å². The van der Waals surface area contributed by atoms with Crippen molar-refractivity contribution in [2.45, 2.75) is 116 Å². The normalized spacial score (nSPS) is 22.3. The van der Waals surface area contributed by atoms with Crippen LogP contribution in [0.4, 0.5) is 0 Å². The summed E-state index contributed by atoms with van der Waals surface area (Å²) < 4.78 is 11.3. The summed E-state index contributed by atoms with van der Waals surface area (Å²) in [6.07, 6.45) is 18.8. The highest BCUT2D eigenvalue weighted by Crippen LogP contribution is 2.40. The summed E-state index contributed by atoms with van der Waals surface area (Å²) in [5.74, 6) is 2.14. The molecule has 0 aromatic carbocycles. The van der Waals surface area contributed by atoms with E-state index in [1.165, 1.54) is 96.3 Å². The molecule has 174 valence electrons. The number of nitrogens with zero attached hydrogens (tertiary/aromatic N) is 3. The smallest absolute Gasteiger partial charge is 0.309 e. The Balaban J connectivity index is 1.31. The molecule has 6 nitrogen and oxygen atoms in total. The fraction of sp³-hybridized carbons (Fsp3) is 0.880. The van der Waals surface area contributed by atoms with Crippen molar-refractivity contribution in [3.63, 3.8) is 0 Å². The van der Waals surface area contributed by atoms with Crippen molar-refractivity contribution in [2.24, 2.45) is 17.8 Å². The maximum atomic E-state index is 13.2. The van der Waals surface area contributed by atoms with E-state index in [-0.39, 0.29) is 18.5 Å². The lowest BCUT2D eigenvalue weighted by molar-refractivity contribution is -0.156. The zero-order chi connectivity index (χ0) is 21.5. The second kappa shape index (κ2) is 11.4. The van der Waals surface area contributed by atoms with Crippen molar-refractivity contribution in [1.29, 1.82) is 0 Å². The maximum Gasteiger partial charge on any atom is 0.309 e. The van der Waals surface area contributed by atoms with Gasteiger partial charge in [0.1, 0.15) is 0 Å². The second-order valence-corrected chi connectivity index (χ2v) is 10.2. The molecule has 0 amide bonds. The van der Waals surface area contributed by atoms with Gasteiger partial charge in [0.2, 0.25) is 11.7 Å². The Labute approximate surface area is 187 Å². The summed E-state index contributed by atoms with van der Waals surface area (Å²) >= 11 is 0. The number of rotatable bonds is 8. The monoisotopic (exact) mass is 431 g/mol. The molecule has 1 heterocycles. The lowest BCUT2D eigenvalue weighted by atomic mass is 9.69. The molecule has 0 saturated heterocycles. The highest BCUT2D eigenvalue weighted by Gasteiger charge is 2.37. The van der Waals surface area contributed by atoms with Gasteiger partial charge in [-0.05, 0) is 57.4 Å². The summed E-state index contributed by atoms with van der Waals surface area (Å²) in [4.78, 5) is 20.0.